The summed E-state index contributed by atoms with van der Waals surface area (Å²) in [7, 11) is -3.61. The number of benzene rings is 1. The van der Waals surface area contributed by atoms with Gasteiger partial charge in [-0.3, -0.25) is 9.21 Å². The van der Waals surface area contributed by atoms with E-state index in [1.807, 2.05) is 51.2 Å². The highest BCUT2D eigenvalue weighted by molar-refractivity contribution is 8.19. The zero-order chi connectivity index (χ0) is 25.7. The normalized spacial score (nSPS) is 18.4. The number of thiazole rings is 1. The number of nitrogens with one attached hydrogen (secondary N) is 1. The minimum atomic E-state index is -3.61. The van der Waals surface area contributed by atoms with Gasteiger partial charge in [-0.25, -0.2) is 13.4 Å². The van der Waals surface area contributed by atoms with Gasteiger partial charge < -0.3 is 9.55 Å². The van der Waals surface area contributed by atoms with Crippen LogP contribution in [0.1, 0.15) is 30.4 Å². The molecule has 12 heteroatoms. The number of anilines is 1. The maximum atomic E-state index is 13.5. The molecule has 5 heterocycles. The fourth-order valence-electron chi connectivity index (χ4n) is 4.96. The minimum absolute atomic E-state index is 0.257. The van der Waals surface area contributed by atoms with E-state index in [0.717, 1.165) is 65.2 Å². The van der Waals surface area contributed by atoms with Gasteiger partial charge in [0.05, 0.1) is 23.4 Å². The molecule has 3 aromatic heterocycles. The second-order valence-electron chi connectivity index (χ2n) is 9.53. The first kappa shape index (κ1) is 24.7. The Hall–Kier alpha value is -2.67. The Labute approximate surface area is 224 Å². The van der Waals surface area contributed by atoms with E-state index in [4.69, 9.17) is 4.98 Å². The lowest BCUT2D eigenvalue weighted by Crippen LogP contribution is -2.33. The van der Waals surface area contributed by atoms with Crippen LogP contribution in [0.3, 0.4) is 0 Å². The molecule has 1 aromatic carbocycles. The van der Waals surface area contributed by atoms with Gasteiger partial charge >= 0.3 is 0 Å². The number of allylic oxidation sites excluding steroid dienone is 1. The molecule has 0 radical (unpaired) electrons. The summed E-state index contributed by atoms with van der Waals surface area (Å²) in [6.45, 7) is 9.70. The van der Waals surface area contributed by atoms with Gasteiger partial charge in [0.25, 0.3) is 10.0 Å². The number of rotatable bonds is 7. The fraction of sp³-hybridized carbons (Fsp3) is 0.400. The van der Waals surface area contributed by atoms with Crippen molar-refractivity contribution in [3.63, 3.8) is 0 Å². The number of aryl methyl sites for hydroxylation is 1. The number of aromatic amines is 1. The third-order valence-corrected chi connectivity index (χ3v) is 11.6. The van der Waals surface area contributed by atoms with E-state index >= 15 is 0 Å². The first-order valence-electron chi connectivity index (χ1n) is 12.4. The molecule has 2 aliphatic rings. The van der Waals surface area contributed by atoms with Gasteiger partial charge in [-0.15, -0.1) is 33.3 Å². The molecular weight excluding hydrogens is 527 g/mol. The lowest BCUT2D eigenvalue weighted by Gasteiger charge is -2.26. The van der Waals surface area contributed by atoms with Crippen LogP contribution in [0.2, 0.25) is 0 Å². The van der Waals surface area contributed by atoms with Crippen molar-refractivity contribution >= 4 is 49.7 Å². The van der Waals surface area contributed by atoms with Crippen LogP contribution in [-0.4, -0.2) is 56.9 Å². The topological polar surface area (TPSA) is 100 Å². The molecule has 1 unspecified atom stereocenters. The smallest absolute Gasteiger partial charge is 0.270 e. The van der Waals surface area contributed by atoms with Gasteiger partial charge in [-0.1, -0.05) is 25.1 Å². The van der Waals surface area contributed by atoms with Crippen LogP contribution in [0, 0.1) is 12.8 Å². The van der Waals surface area contributed by atoms with Crippen LogP contribution < -0.4 is 4.31 Å². The van der Waals surface area contributed by atoms with Crippen LogP contribution in [0.25, 0.3) is 21.6 Å². The quantitative estimate of drug-likeness (QED) is 0.356. The van der Waals surface area contributed by atoms with Crippen molar-refractivity contribution in [1.29, 1.82) is 0 Å². The third-order valence-electron chi connectivity index (χ3n) is 6.82. The summed E-state index contributed by atoms with van der Waals surface area (Å²) in [6.07, 6.45) is 3.80. The molecule has 4 aromatic rings. The van der Waals surface area contributed by atoms with E-state index in [9.17, 15) is 8.42 Å². The number of hydrogen-bond acceptors (Lipinski definition) is 8. The van der Waals surface area contributed by atoms with Crippen LogP contribution >= 0.6 is 23.1 Å². The molecule has 0 fully saturated rings. The second kappa shape index (κ2) is 9.57. The third kappa shape index (κ3) is 4.49. The first-order chi connectivity index (χ1) is 17.8. The van der Waals surface area contributed by atoms with E-state index in [1.54, 1.807) is 11.3 Å². The van der Waals surface area contributed by atoms with Gasteiger partial charge in [-0.05, 0) is 31.9 Å². The summed E-state index contributed by atoms with van der Waals surface area (Å²) in [5.74, 6) is 3.03. The Bertz CT molecular complexity index is 1600. The standard InChI is InChI=1S/C25H29N7O2S3/c1-4-32(37(33,34)23-10-16(2)15-35-23)21-7-5-6-18-11-20(27-24(18)21)25-26-12-19(36-25)13-30-8-9-31-17(3)28-29-22(31)14-30/h5-7,10-12,16,27H,4,8-9,13-15H2,1-3H3. The maximum absolute atomic E-state index is 13.5. The molecule has 0 spiro atoms. The van der Waals surface area contributed by atoms with Crippen molar-refractivity contribution in [2.24, 2.45) is 5.92 Å². The average Bonchev–Trinajstić information content (AvgIpc) is 3.67. The zero-order valence-electron chi connectivity index (χ0n) is 21.0. The number of para-hydroxylation sites is 1. The van der Waals surface area contributed by atoms with Crippen molar-refractivity contribution in [3.8, 4) is 10.7 Å². The highest BCUT2D eigenvalue weighted by atomic mass is 32.3. The largest absolute Gasteiger partial charge is 0.351 e. The number of thioether (sulfide) groups is 1. The lowest BCUT2D eigenvalue weighted by atomic mass is 10.2. The summed E-state index contributed by atoms with van der Waals surface area (Å²) >= 11 is 3.07. The van der Waals surface area contributed by atoms with Gasteiger partial charge in [0.2, 0.25) is 0 Å². The van der Waals surface area contributed by atoms with E-state index in [2.05, 4.69) is 30.7 Å². The predicted octanol–water partition coefficient (Wildman–Crippen LogP) is 4.59. The number of fused-ring (bicyclic) bond motifs is 2. The molecule has 0 aliphatic carbocycles. The highest BCUT2D eigenvalue weighted by Gasteiger charge is 2.31. The summed E-state index contributed by atoms with van der Waals surface area (Å²) in [5.41, 5.74) is 2.36. The van der Waals surface area contributed by atoms with E-state index in [1.165, 1.54) is 20.9 Å². The average molecular weight is 556 g/mol. The molecule has 37 heavy (non-hydrogen) atoms. The highest BCUT2D eigenvalue weighted by Crippen LogP contribution is 2.39. The van der Waals surface area contributed by atoms with Crippen molar-refractivity contribution in [2.75, 3.05) is 23.1 Å². The molecule has 2 aliphatic heterocycles. The predicted molar refractivity (Wildman–Crippen MR) is 150 cm³/mol. The van der Waals surface area contributed by atoms with Gasteiger partial charge in [0.1, 0.15) is 20.9 Å². The summed E-state index contributed by atoms with van der Waals surface area (Å²) in [4.78, 5) is 11.7. The number of H-pyrrole nitrogens is 1. The van der Waals surface area contributed by atoms with E-state index in [0.29, 0.717) is 16.5 Å². The minimum Gasteiger partial charge on any atom is -0.351 e. The van der Waals surface area contributed by atoms with Crippen LogP contribution in [0.5, 0.6) is 0 Å². The van der Waals surface area contributed by atoms with Crippen molar-refractivity contribution in [2.45, 2.75) is 40.4 Å². The van der Waals surface area contributed by atoms with Crippen molar-refractivity contribution in [3.05, 3.63) is 57.3 Å². The number of sulfonamides is 1. The lowest BCUT2D eigenvalue weighted by molar-refractivity contribution is 0.209. The Morgan fingerprint density at radius 3 is 2.89 bits per heavy atom. The molecule has 0 bridgehead atoms. The monoisotopic (exact) mass is 555 g/mol. The maximum Gasteiger partial charge on any atom is 0.270 e. The molecule has 1 atom stereocenters. The zero-order valence-corrected chi connectivity index (χ0v) is 23.5. The van der Waals surface area contributed by atoms with Gasteiger partial charge in [0, 0.05) is 48.4 Å². The molecule has 1 N–H and O–H groups in total. The molecule has 9 nitrogen and oxygen atoms in total. The fourth-order valence-corrected chi connectivity index (χ4v) is 9.18. The SMILES string of the molecule is CCN(c1cccc2cc(-c3ncc(CN4CCn5c(C)nnc5C4)s3)[nH]c12)S(=O)(=O)C1=CC(C)CS1. The molecule has 194 valence electrons. The first-order valence-corrected chi connectivity index (χ1v) is 15.6. The number of hydrogen-bond donors (Lipinski definition) is 1. The van der Waals surface area contributed by atoms with Crippen molar-refractivity contribution in [1.82, 2.24) is 29.6 Å². The van der Waals surface area contributed by atoms with Gasteiger partial charge in [-0.2, -0.15) is 0 Å². The summed E-state index contributed by atoms with van der Waals surface area (Å²) < 4.78 is 31.1. The molecule has 0 amide bonds. The molecule has 6 rings (SSSR count). The van der Waals surface area contributed by atoms with E-state index in [-0.39, 0.29) is 5.92 Å². The Morgan fingerprint density at radius 2 is 2.11 bits per heavy atom. The Kier molecular flexibility index (Phi) is 6.38. The Morgan fingerprint density at radius 1 is 1.24 bits per heavy atom. The van der Waals surface area contributed by atoms with Gasteiger partial charge in [0.15, 0.2) is 0 Å². The van der Waals surface area contributed by atoms with Crippen molar-refractivity contribution < 1.29 is 8.42 Å². The van der Waals surface area contributed by atoms with Crippen LogP contribution in [-0.2, 0) is 29.7 Å². The van der Waals surface area contributed by atoms with E-state index < -0.39 is 10.0 Å². The van der Waals surface area contributed by atoms with Crippen LogP contribution in [0.15, 0.2) is 40.8 Å². The molecule has 0 saturated carbocycles. The number of aromatic nitrogens is 5. The Balaban J connectivity index is 1.26. The molecule has 0 saturated heterocycles. The van der Waals surface area contributed by atoms with Crippen LogP contribution in [0.4, 0.5) is 5.69 Å². The summed E-state index contributed by atoms with van der Waals surface area (Å²) in [6, 6.07) is 7.85. The number of nitrogens with zero attached hydrogens (tertiary/aromatic N) is 6. The molecular formula is C25H29N7O2S3. The summed E-state index contributed by atoms with van der Waals surface area (Å²) in [5, 5.41) is 10.4. The second-order valence-corrected chi connectivity index (χ2v) is 13.8.